The van der Waals surface area contributed by atoms with Gasteiger partial charge in [-0.3, -0.25) is 4.79 Å². The Bertz CT molecular complexity index is 770. The van der Waals surface area contributed by atoms with Crippen molar-refractivity contribution in [3.05, 3.63) is 36.0 Å². The average Bonchev–Trinajstić information content (AvgIpc) is 2.95. The number of aliphatic carboxylic acids is 2. The van der Waals surface area contributed by atoms with Crippen LogP contribution >= 0.6 is 0 Å². The lowest BCUT2D eigenvalue weighted by atomic mass is 10.0. The SMILES string of the molecule is O=C(O)[C@H](Cc1c[nH]c2ccccc12)NC(=O)[C@@H](O)[C@@H](O)C(=O)O. The molecule has 6 N–H and O–H groups in total. The minimum Gasteiger partial charge on any atom is -0.480 e. The number of aromatic amines is 1. The lowest BCUT2D eigenvalue weighted by molar-refractivity contribution is -0.158. The summed E-state index contributed by atoms with van der Waals surface area (Å²) in [5.74, 6) is -4.43. The van der Waals surface area contributed by atoms with Crippen molar-refractivity contribution in [1.29, 1.82) is 0 Å². The Kier molecular flexibility index (Phi) is 5.17. The van der Waals surface area contributed by atoms with Crippen LogP contribution in [0.4, 0.5) is 0 Å². The van der Waals surface area contributed by atoms with Gasteiger partial charge in [-0.2, -0.15) is 0 Å². The molecule has 0 aliphatic heterocycles. The molecule has 24 heavy (non-hydrogen) atoms. The summed E-state index contributed by atoms with van der Waals surface area (Å²) in [4.78, 5) is 36.6. The van der Waals surface area contributed by atoms with E-state index in [4.69, 9.17) is 10.2 Å². The van der Waals surface area contributed by atoms with Crippen LogP contribution in [-0.2, 0) is 20.8 Å². The van der Waals surface area contributed by atoms with Crippen molar-refractivity contribution < 1.29 is 34.8 Å². The van der Waals surface area contributed by atoms with E-state index in [0.29, 0.717) is 5.56 Å². The Morgan fingerprint density at radius 3 is 2.33 bits per heavy atom. The van der Waals surface area contributed by atoms with Crippen LogP contribution in [0.5, 0.6) is 0 Å². The summed E-state index contributed by atoms with van der Waals surface area (Å²) >= 11 is 0. The van der Waals surface area contributed by atoms with Crippen LogP contribution in [0, 0.1) is 0 Å². The Labute approximate surface area is 135 Å². The maximum Gasteiger partial charge on any atom is 0.335 e. The van der Waals surface area contributed by atoms with E-state index in [1.807, 2.05) is 11.4 Å². The van der Waals surface area contributed by atoms with Gasteiger partial charge >= 0.3 is 11.9 Å². The molecular formula is C15H16N2O7. The highest BCUT2D eigenvalue weighted by Crippen LogP contribution is 2.19. The number of rotatable bonds is 7. The number of aliphatic hydroxyl groups is 2. The predicted octanol–water partition coefficient (Wildman–Crippen LogP) is -0.914. The number of amides is 1. The molecule has 0 unspecified atom stereocenters. The summed E-state index contributed by atoms with van der Waals surface area (Å²) in [6, 6.07) is 5.78. The van der Waals surface area contributed by atoms with E-state index in [9.17, 15) is 24.6 Å². The second-order valence-electron chi connectivity index (χ2n) is 5.19. The topological polar surface area (TPSA) is 160 Å². The summed E-state index contributed by atoms with van der Waals surface area (Å²) in [6.07, 6.45) is -3.09. The number of aromatic nitrogens is 1. The van der Waals surface area contributed by atoms with Crippen molar-refractivity contribution in [2.45, 2.75) is 24.7 Å². The summed E-state index contributed by atoms with van der Waals surface area (Å²) < 4.78 is 0. The van der Waals surface area contributed by atoms with E-state index in [0.717, 1.165) is 10.9 Å². The molecule has 1 aromatic carbocycles. The molecule has 0 saturated heterocycles. The maximum atomic E-state index is 11.7. The van der Waals surface area contributed by atoms with E-state index in [2.05, 4.69) is 4.98 Å². The number of hydrogen-bond donors (Lipinski definition) is 6. The normalized spacial score (nSPS) is 14.8. The van der Waals surface area contributed by atoms with Gasteiger partial charge in [0.15, 0.2) is 12.2 Å². The zero-order chi connectivity index (χ0) is 17.9. The van der Waals surface area contributed by atoms with Crippen molar-refractivity contribution in [2.75, 3.05) is 0 Å². The third kappa shape index (κ3) is 3.70. The number of hydrogen-bond acceptors (Lipinski definition) is 5. The first-order chi connectivity index (χ1) is 11.3. The third-order valence-electron chi connectivity index (χ3n) is 3.53. The average molecular weight is 336 g/mol. The van der Waals surface area contributed by atoms with Gasteiger partial charge in [0.1, 0.15) is 6.04 Å². The first-order valence-electron chi connectivity index (χ1n) is 6.98. The van der Waals surface area contributed by atoms with Gasteiger partial charge < -0.3 is 30.7 Å². The second kappa shape index (κ2) is 7.11. The highest BCUT2D eigenvalue weighted by Gasteiger charge is 2.32. The van der Waals surface area contributed by atoms with E-state index in [1.54, 1.807) is 24.4 Å². The Morgan fingerprint density at radius 2 is 1.71 bits per heavy atom. The molecule has 0 fully saturated rings. The monoisotopic (exact) mass is 336 g/mol. The number of benzene rings is 1. The summed E-state index contributed by atoms with van der Waals surface area (Å²) in [7, 11) is 0. The number of aliphatic hydroxyl groups excluding tert-OH is 2. The molecule has 0 bridgehead atoms. The molecule has 0 spiro atoms. The lowest BCUT2D eigenvalue weighted by Crippen LogP contribution is -2.51. The molecule has 9 nitrogen and oxygen atoms in total. The van der Waals surface area contributed by atoms with Gasteiger partial charge in [0.25, 0.3) is 5.91 Å². The number of carbonyl (C=O) groups is 3. The molecule has 0 saturated carbocycles. The summed E-state index contributed by atoms with van der Waals surface area (Å²) in [5, 5.41) is 39.2. The van der Waals surface area contributed by atoms with Crippen LogP contribution in [-0.4, -0.2) is 61.5 Å². The molecule has 0 aliphatic carbocycles. The largest absolute Gasteiger partial charge is 0.480 e. The molecule has 1 heterocycles. The first kappa shape index (κ1) is 17.4. The summed E-state index contributed by atoms with van der Waals surface area (Å²) in [5.41, 5.74) is 1.43. The van der Waals surface area contributed by atoms with Gasteiger partial charge in [0.05, 0.1) is 0 Å². The molecule has 0 aliphatic rings. The van der Waals surface area contributed by atoms with Gasteiger partial charge in [-0.25, -0.2) is 9.59 Å². The molecular weight excluding hydrogens is 320 g/mol. The van der Waals surface area contributed by atoms with Crippen molar-refractivity contribution in [1.82, 2.24) is 10.3 Å². The van der Waals surface area contributed by atoms with Crippen LogP contribution in [0.2, 0.25) is 0 Å². The Morgan fingerprint density at radius 1 is 1.04 bits per heavy atom. The molecule has 128 valence electrons. The van der Waals surface area contributed by atoms with Crippen LogP contribution < -0.4 is 5.32 Å². The van der Waals surface area contributed by atoms with E-state index in [1.165, 1.54) is 0 Å². The van der Waals surface area contributed by atoms with Crippen LogP contribution in [0.1, 0.15) is 5.56 Å². The van der Waals surface area contributed by atoms with Gasteiger partial charge in [-0.15, -0.1) is 0 Å². The molecule has 2 aromatic rings. The van der Waals surface area contributed by atoms with Gasteiger partial charge in [-0.1, -0.05) is 18.2 Å². The van der Waals surface area contributed by atoms with E-state index in [-0.39, 0.29) is 6.42 Å². The Hall–Kier alpha value is -2.91. The number of carboxylic acid groups (broad SMARTS) is 2. The van der Waals surface area contributed by atoms with E-state index < -0.39 is 36.1 Å². The molecule has 3 atom stereocenters. The van der Waals surface area contributed by atoms with Crippen molar-refractivity contribution in [3.63, 3.8) is 0 Å². The molecule has 1 amide bonds. The molecule has 1 aromatic heterocycles. The zero-order valence-corrected chi connectivity index (χ0v) is 12.3. The highest BCUT2D eigenvalue weighted by atomic mass is 16.4. The van der Waals surface area contributed by atoms with Crippen LogP contribution in [0.3, 0.4) is 0 Å². The number of fused-ring (bicyclic) bond motifs is 1. The maximum absolute atomic E-state index is 11.7. The van der Waals surface area contributed by atoms with E-state index >= 15 is 0 Å². The zero-order valence-electron chi connectivity index (χ0n) is 12.3. The molecule has 9 heteroatoms. The van der Waals surface area contributed by atoms with Crippen molar-refractivity contribution in [3.8, 4) is 0 Å². The van der Waals surface area contributed by atoms with Gasteiger partial charge in [0, 0.05) is 23.5 Å². The fraction of sp³-hybridized carbons (Fsp3) is 0.267. The standard InChI is InChI=1S/C15H16N2O7/c18-11(12(19)15(23)24)13(20)17-10(14(21)22)5-7-6-16-9-4-2-1-3-8(7)9/h1-4,6,10-12,16,18-19H,5H2,(H,17,20)(H,21,22)(H,23,24)/t10-,11-,12+/m0/s1. The number of H-pyrrole nitrogens is 1. The fourth-order valence-electron chi connectivity index (χ4n) is 2.26. The lowest BCUT2D eigenvalue weighted by Gasteiger charge is -2.18. The third-order valence-corrected chi connectivity index (χ3v) is 3.53. The summed E-state index contributed by atoms with van der Waals surface area (Å²) in [6.45, 7) is 0. The Balaban J connectivity index is 2.14. The highest BCUT2D eigenvalue weighted by molar-refractivity contribution is 5.91. The number of nitrogens with one attached hydrogen (secondary N) is 2. The molecule has 2 rings (SSSR count). The molecule has 0 radical (unpaired) electrons. The number of carboxylic acids is 2. The van der Waals surface area contributed by atoms with Gasteiger partial charge in [0.2, 0.25) is 0 Å². The van der Waals surface area contributed by atoms with Gasteiger partial charge in [-0.05, 0) is 11.6 Å². The van der Waals surface area contributed by atoms with Crippen molar-refractivity contribution >= 4 is 28.7 Å². The van der Waals surface area contributed by atoms with Crippen molar-refractivity contribution in [2.24, 2.45) is 0 Å². The number of para-hydroxylation sites is 1. The first-order valence-corrected chi connectivity index (χ1v) is 6.98. The van der Waals surface area contributed by atoms with Crippen LogP contribution in [0.15, 0.2) is 30.5 Å². The predicted molar refractivity (Wildman–Crippen MR) is 81.2 cm³/mol. The minimum atomic E-state index is -2.34. The smallest absolute Gasteiger partial charge is 0.335 e. The number of carbonyl (C=O) groups excluding carboxylic acids is 1. The fourth-order valence-corrected chi connectivity index (χ4v) is 2.26. The minimum absolute atomic E-state index is 0.0824. The quantitative estimate of drug-likeness (QED) is 0.381. The van der Waals surface area contributed by atoms with Crippen LogP contribution in [0.25, 0.3) is 10.9 Å². The second-order valence-corrected chi connectivity index (χ2v) is 5.19.